The molecule has 0 radical (unpaired) electrons. The van der Waals surface area contributed by atoms with Crippen molar-refractivity contribution >= 4 is 5.91 Å². The Bertz CT molecular complexity index is 451. The highest BCUT2D eigenvalue weighted by atomic mass is 16.5. The number of carbonyl (C=O) groups excluding carboxylic acids is 1. The normalized spacial score (nSPS) is 20.3. The molecule has 1 atom stereocenters. The van der Waals surface area contributed by atoms with Crippen LogP contribution < -0.4 is 11.1 Å². The molecule has 1 fully saturated rings. The van der Waals surface area contributed by atoms with Gasteiger partial charge >= 0.3 is 0 Å². The van der Waals surface area contributed by atoms with E-state index in [1.54, 1.807) is 0 Å². The van der Waals surface area contributed by atoms with E-state index in [1.165, 1.54) is 12.8 Å². The van der Waals surface area contributed by atoms with Gasteiger partial charge in [0.25, 0.3) is 5.91 Å². The minimum Gasteiger partial charge on any atom is -0.360 e. The first kappa shape index (κ1) is 11.7. The summed E-state index contributed by atoms with van der Waals surface area (Å²) < 4.78 is 5.23. The molecule has 0 saturated heterocycles. The molecule has 98 valence electrons. The van der Waals surface area contributed by atoms with E-state index >= 15 is 0 Å². The van der Waals surface area contributed by atoms with Crippen LogP contribution in [0, 0.1) is 5.92 Å². The molecule has 5 nitrogen and oxygen atoms in total. The van der Waals surface area contributed by atoms with Gasteiger partial charge in [0.05, 0.1) is 0 Å². The Morgan fingerprint density at radius 3 is 3.00 bits per heavy atom. The van der Waals surface area contributed by atoms with Crippen LogP contribution in [0.5, 0.6) is 0 Å². The predicted molar refractivity (Wildman–Crippen MR) is 66.2 cm³/mol. The number of aromatic nitrogens is 1. The average Bonchev–Trinajstić information content (AvgIpc) is 3.15. The molecule has 0 spiro atoms. The number of nitrogens with zero attached hydrogens (tertiary/aromatic N) is 1. The minimum atomic E-state index is -0.141. The van der Waals surface area contributed by atoms with Gasteiger partial charge in [-0.15, -0.1) is 0 Å². The Balaban J connectivity index is 1.62. The number of aryl methyl sites for hydroxylation is 1. The molecule has 18 heavy (non-hydrogen) atoms. The van der Waals surface area contributed by atoms with Gasteiger partial charge in [-0.05, 0) is 38.0 Å². The summed E-state index contributed by atoms with van der Waals surface area (Å²) in [7, 11) is 0. The third-order valence-corrected chi connectivity index (χ3v) is 3.89. The van der Waals surface area contributed by atoms with Crippen molar-refractivity contribution in [3.8, 4) is 0 Å². The van der Waals surface area contributed by atoms with Gasteiger partial charge in [-0.2, -0.15) is 0 Å². The Morgan fingerprint density at radius 1 is 1.44 bits per heavy atom. The second-order valence-electron chi connectivity index (χ2n) is 5.35. The quantitative estimate of drug-likeness (QED) is 0.834. The van der Waals surface area contributed by atoms with Crippen molar-refractivity contribution in [1.82, 2.24) is 10.5 Å². The fourth-order valence-electron chi connectivity index (χ4n) is 2.55. The molecule has 0 aliphatic heterocycles. The molecule has 0 aromatic carbocycles. The molecule has 1 saturated carbocycles. The number of hydrogen-bond acceptors (Lipinski definition) is 4. The van der Waals surface area contributed by atoms with Crippen LogP contribution in [0.4, 0.5) is 0 Å². The number of rotatable bonds is 4. The third kappa shape index (κ3) is 2.27. The second-order valence-corrected chi connectivity index (χ2v) is 5.35. The Kier molecular flexibility index (Phi) is 3.07. The molecule has 2 aliphatic rings. The van der Waals surface area contributed by atoms with E-state index in [9.17, 15) is 4.79 Å². The van der Waals surface area contributed by atoms with Crippen molar-refractivity contribution in [1.29, 1.82) is 0 Å². The van der Waals surface area contributed by atoms with Crippen molar-refractivity contribution < 1.29 is 9.32 Å². The summed E-state index contributed by atoms with van der Waals surface area (Å²) in [4.78, 5) is 12.0. The van der Waals surface area contributed by atoms with Crippen LogP contribution in [0.1, 0.15) is 47.5 Å². The average molecular weight is 249 g/mol. The van der Waals surface area contributed by atoms with E-state index in [1.807, 2.05) is 0 Å². The SMILES string of the molecule is NC(CNC(=O)c1noc2c1CCCC2)C1CC1. The van der Waals surface area contributed by atoms with Crippen LogP contribution in [0.3, 0.4) is 0 Å². The zero-order chi connectivity index (χ0) is 12.5. The lowest BCUT2D eigenvalue weighted by atomic mass is 9.96. The standard InChI is InChI=1S/C13H19N3O2/c14-10(8-5-6-8)7-15-13(17)12-9-3-1-2-4-11(9)18-16-12/h8,10H,1-7,14H2,(H,15,17). The highest BCUT2D eigenvalue weighted by molar-refractivity contribution is 5.93. The van der Waals surface area contributed by atoms with Gasteiger partial charge in [0.1, 0.15) is 5.76 Å². The van der Waals surface area contributed by atoms with E-state index in [0.717, 1.165) is 37.0 Å². The van der Waals surface area contributed by atoms with Crippen molar-refractivity contribution in [2.24, 2.45) is 11.7 Å². The smallest absolute Gasteiger partial charge is 0.273 e. The van der Waals surface area contributed by atoms with Gasteiger partial charge < -0.3 is 15.6 Å². The summed E-state index contributed by atoms with van der Waals surface area (Å²) in [6, 6.07) is 0.0803. The van der Waals surface area contributed by atoms with Crippen molar-refractivity contribution in [2.75, 3.05) is 6.54 Å². The summed E-state index contributed by atoms with van der Waals surface area (Å²) >= 11 is 0. The molecule has 1 aromatic rings. The van der Waals surface area contributed by atoms with Gasteiger partial charge in [0.15, 0.2) is 5.69 Å². The molecule has 1 unspecified atom stereocenters. The summed E-state index contributed by atoms with van der Waals surface area (Å²) in [6.45, 7) is 0.533. The zero-order valence-electron chi connectivity index (χ0n) is 10.4. The Morgan fingerprint density at radius 2 is 2.22 bits per heavy atom. The maximum absolute atomic E-state index is 12.0. The molecule has 1 amide bonds. The second kappa shape index (κ2) is 4.72. The predicted octanol–water partition coefficient (Wildman–Crippen LogP) is 1.02. The van der Waals surface area contributed by atoms with E-state index in [-0.39, 0.29) is 11.9 Å². The number of carbonyl (C=O) groups is 1. The Hall–Kier alpha value is -1.36. The number of hydrogen-bond donors (Lipinski definition) is 2. The molecule has 5 heteroatoms. The fourth-order valence-corrected chi connectivity index (χ4v) is 2.55. The first-order chi connectivity index (χ1) is 8.75. The molecular weight excluding hydrogens is 230 g/mol. The molecule has 0 bridgehead atoms. The number of fused-ring (bicyclic) bond motifs is 1. The maximum Gasteiger partial charge on any atom is 0.273 e. The summed E-state index contributed by atoms with van der Waals surface area (Å²) in [6.07, 6.45) is 6.41. The van der Waals surface area contributed by atoms with E-state index in [4.69, 9.17) is 10.3 Å². The van der Waals surface area contributed by atoms with Gasteiger partial charge in [-0.1, -0.05) is 5.16 Å². The lowest BCUT2D eigenvalue weighted by molar-refractivity contribution is 0.0940. The zero-order valence-corrected chi connectivity index (χ0v) is 10.4. The van der Waals surface area contributed by atoms with Crippen LogP contribution in [0.25, 0.3) is 0 Å². The molecule has 1 aromatic heterocycles. The highest BCUT2D eigenvalue weighted by Crippen LogP contribution is 2.31. The van der Waals surface area contributed by atoms with Gasteiger partial charge in [-0.25, -0.2) is 0 Å². The highest BCUT2D eigenvalue weighted by Gasteiger charge is 2.29. The largest absolute Gasteiger partial charge is 0.360 e. The van der Waals surface area contributed by atoms with Gasteiger partial charge in [0.2, 0.25) is 0 Å². The summed E-state index contributed by atoms with van der Waals surface area (Å²) in [5.41, 5.74) is 7.42. The lowest BCUT2D eigenvalue weighted by Crippen LogP contribution is -2.39. The minimum absolute atomic E-state index is 0.0803. The maximum atomic E-state index is 12.0. The molecule has 1 heterocycles. The molecular formula is C13H19N3O2. The first-order valence-corrected chi connectivity index (χ1v) is 6.77. The first-order valence-electron chi connectivity index (χ1n) is 6.77. The van der Waals surface area contributed by atoms with Crippen molar-refractivity contribution in [3.05, 3.63) is 17.0 Å². The summed E-state index contributed by atoms with van der Waals surface area (Å²) in [5, 5.41) is 6.78. The molecule has 3 N–H and O–H groups in total. The topological polar surface area (TPSA) is 81.1 Å². The Labute approximate surface area is 106 Å². The van der Waals surface area contributed by atoms with Crippen LogP contribution in [0.2, 0.25) is 0 Å². The number of nitrogens with two attached hydrogens (primary N) is 1. The van der Waals surface area contributed by atoms with E-state index < -0.39 is 0 Å². The van der Waals surface area contributed by atoms with Gasteiger partial charge in [0, 0.05) is 24.6 Å². The van der Waals surface area contributed by atoms with Crippen LogP contribution in [0.15, 0.2) is 4.52 Å². The molecule has 3 rings (SSSR count). The van der Waals surface area contributed by atoms with E-state index in [2.05, 4.69) is 10.5 Å². The summed E-state index contributed by atoms with van der Waals surface area (Å²) in [5.74, 6) is 1.34. The van der Waals surface area contributed by atoms with Crippen LogP contribution in [-0.4, -0.2) is 23.7 Å². The number of amides is 1. The fraction of sp³-hybridized carbons (Fsp3) is 0.692. The lowest BCUT2D eigenvalue weighted by Gasteiger charge is -2.12. The van der Waals surface area contributed by atoms with Crippen molar-refractivity contribution in [3.63, 3.8) is 0 Å². The molecule has 2 aliphatic carbocycles. The van der Waals surface area contributed by atoms with Crippen molar-refractivity contribution in [2.45, 2.75) is 44.6 Å². The third-order valence-electron chi connectivity index (χ3n) is 3.89. The van der Waals surface area contributed by atoms with Crippen LogP contribution in [-0.2, 0) is 12.8 Å². The van der Waals surface area contributed by atoms with E-state index in [0.29, 0.717) is 18.2 Å². The van der Waals surface area contributed by atoms with Crippen LogP contribution >= 0.6 is 0 Å². The monoisotopic (exact) mass is 249 g/mol. The van der Waals surface area contributed by atoms with Gasteiger partial charge in [-0.3, -0.25) is 4.79 Å². The number of nitrogens with one attached hydrogen (secondary N) is 1.